The zero-order valence-corrected chi connectivity index (χ0v) is 26.1. The highest BCUT2D eigenvalue weighted by molar-refractivity contribution is 6.02. The van der Waals surface area contributed by atoms with Crippen molar-refractivity contribution in [2.45, 2.75) is 74.7 Å². The molecule has 2 bridgehead atoms. The minimum Gasteiger partial charge on any atom is -0.461 e. The monoisotopic (exact) mass is 624 g/mol. The number of aromatic nitrogens is 2. The molecule has 1 radical (unpaired) electrons. The van der Waals surface area contributed by atoms with Gasteiger partial charge in [-0.2, -0.15) is 9.97 Å². The van der Waals surface area contributed by atoms with Crippen LogP contribution in [0.5, 0.6) is 6.01 Å². The average Bonchev–Trinajstić information content (AvgIpc) is 3.73. The van der Waals surface area contributed by atoms with Gasteiger partial charge in [-0.15, -0.1) is 0 Å². The molecule has 0 saturated carbocycles. The van der Waals surface area contributed by atoms with Crippen LogP contribution in [0.25, 0.3) is 32.8 Å². The Kier molecular flexibility index (Phi) is 7.13. The lowest BCUT2D eigenvalue weighted by Gasteiger charge is -2.35. The van der Waals surface area contributed by atoms with Crippen LogP contribution >= 0.6 is 0 Å². The Bertz CT molecular complexity index is 1780. The SMILES string of the molecule is Fc1c(-c2c[c]cc3ccccc23)c(C2CCOCC2)cc2c(N3C[C@H]4CC[C@@H](C3)N4)nc(OC[C@@]34CCCN3C[C@H](F)C4)nc12. The van der Waals surface area contributed by atoms with E-state index >= 15 is 4.39 Å². The Morgan fingerprint density at radius 3 is 2.70 bits per heavy atom. The summed E-state index contributed by atoms with van der Waals surface area (Å²) < 4.78 is 44.2. The van der Waals surface area contributed by atoms with E-state index in [1.807, 2.05) is 30.3 Å². The van der Waals surface area contributed by atoms with Crippen molar-refractivity contribution in [1.29, 1.82) is 0 Å². The van der Waals surface area contributed by atoms with E-state index in [2.05, 4.69) is 33.3 Å². The van der Waals surface area contributed by atoms with E-state index in [-0.39, 0.29) is 28.8 Å². The van der Waals surface area contributed by atoms with Gasteiger partial charge >= 0.3 is 6.01 Å². The van der Waals surface area contributed by atoms with Crippen LogP contribution in [0.15, 0.2) is 42.5 Å². The number of hydrogen-bond acceptors (Lipinski definition) is 7. The van der Waals surface area contributed by atoms with Crippen LogP contribution < -0.4 is 15.0 Å². The molecule has 5 aliphatic heterocycles. The number of nitrogens with one attached hydrogen (secondary N) is 1. The van der Waals surface area contributed by atoms with Crippen molar-refractivity contribution >= 4 is 27.5 Å². The third-order valence-corrected chi connectivity index (χ3v) is 11.3. The van der Waals surface area contributed by atoms with Gasteiger partial charge in [-0.25, -0.2) is 8.78 Å². The van der Waals surface area contributed by atoms with E-state index in [1.54, 1.807) is 0 Å². The van der Waals surface area contributed by atoms with Crippen LogP contribution in [-0.2, 0) is 4.74 Å². The molecule has 3 aromatic carbocycles. The highest BCUT2D eigenvalue weighted by Crippen LogP contribution is 2.45. The fourth-order valence-corrected chi connectivity index (χ4v) is 9.11. The van der Waals surface area contributed by atoms with Crippen LogP contribution in [0, 0.1) is 11.9 Å². The first-order chi connectivity index (χ1) is 22.5. The molecule has 9 heteroatoms. The molecule has 7 nitrogen and oxygen atoms in total. The summed E-state index contributed by atoms with van der Waals surface area (Å²) in [6, 6.07) is 18.3. The minimum absolute atomic E-state index is 0.146. The molecule has 1 aromatic heterocycles. The van der Waals surface area contributed by atoms with Gasteiger partial charge in [0.05, 0.1) is 5.54 Å². The first-order valence-corrected chi connectivity index (χ1v) is 17.1. The molecule has 4 atom stereocenters. The maximum Gasteiger partial charge on any atom is 0.319 e. The first-order valence-electron chi connectivity index (χ1n) is 17.1. The van der Waals surface area contributed by atoms with Gasteiger partial charge in [-0.05, 0) is 97.2 Å². The highest BCUT2D eigenvalue weighted by atomic mass is 19.1. The molecule has 1 N–H and O–H groups in total. The summed E-state index contributed by atoms with van der Waals surface area (Å²) in [6.45, 7) is 4.55. The second-order valence-corrected chi connectivity index (χ2v) is 14.1. The lowest BCUT2D eigenvalue weighted by Crippen LogP contribution is -2.51. The third-order valence-electron chi connectivity index (χ3n) is 11.3. The molecule has 239 valence electrons. The van der Waals surface area contributed by atoms with Crippen LogP contribution in [0.2, 0.25) is 0 Å². The van der Waals surface area contributed by atoms with Crippen molar-refractivity contribution < 1.29 is 18.3 Å². The quantitative estimate of drug-likeness (QED) is 0.275. The Morgan fingerprint density at radius 2 is 1.85 bits per heavy atom. The van der Waals surface area contributed by atoms with Crippen molar-refractivity contribution in [1.82, 2.24) is 20.2 Å². The molecule has 5 aliphatic rings. The van der Waals surface area contributed by atoms with Gasteiger partial charge in [-0.3, -0.25) is 4.90 Å². The summed E-state index contributed by atoms with van der Waals surface area (Å²) in [5.74, 6) is 0.533. The number of ether oxygens (including phenoxy) is 2. The normalized spacial score (nSPS) is 28.4. The van der Waals surface area contributed by atoms with Gasteiger partial charge in [0.2, 0.25) is 0 Å². The summed E-state index contributed by atoms with van der Waals surface area (Å²) in [7, 11) is 0. The molecule has 4 aromatic rings. The maximum atomic E-state index is 17.5. The maximum absolute atomic E-state index is 17.5. The van der Waals surface area contributed by atoms with E-state index in [4.69, 9.17) is 19.4 Å². The smallest absolute Gasteiger partial charge is 0.319 e. The van der Waals surface area contributed by atoms with Crippen molar-refractivity contribution in [3.63, 3.8) is 0 Å². The molecule has 5 fully saturated rings. The zero-order valence-electron chi connectivity index (χ0n) is 26.1. The number of hydrogen-bond donors (Lipinski definition) is 1. The minimum atomic E-state index is -0.852. The Hall–Kier alpha value is -3.40. The lowest BCUT2D eigenvalue weighted by atomic mass is 9.83. The molecule has 46 heavy (non-hydrogen) atoms. The topological polar surface area (TPSA) is 62.8 Å². The van der Waals surface area contributed by atoms with Crippen molar-refractivity contribution in [2.75, 3.05) is 50.9 Å². The van der Waals surface area contributed by atoms with Crippen LogP contribution in [0.4, 0.5) is 14.6 Å². The lowest BCUT2D eigenvalue weighted by molar-refractivity contribution is 0.0854. The summed E-state index contributed by atoms with van der Waals surface area (Å²) in [5.41, 5.74) is 2.32. The van der Waals surface area contributed by atoms with Gasteiger partial charge in [0.25, 0.3) is 0 Å². The Labute approximate surface area is 268 Å². The van der Waals surface area contributed by atoms with Crippen LogP contribution in [0.1, 0.15) is 56.4 Å². The third kappa shape index (κ3) is 4.85. The Morgan fingerprint density at radius 1 is 1.02 bits per heavy atom. The molecule has 0 unspecified atom stereocenters. The summed E-state index contributed by atoms with van der Waals surface area (Å²) in [4.78, 5) is 14.4. The average molecular weight is 625 g/mol. The van der Waals surface area contributed by atoms with Crippen LogP contribution in [-0.4, -0.2) is 84.7 Å². The standard InChI is InChI=1S/C37H40F2N5O2/c38-25-18-37(13-4-14-44(37)19-25)22-46-36-41-34-31(35(42-36)43-20-26-9-10-27(21-43)40-26)17-30(24-11-15-45-16-12-24)32(33(34)39)29-8-3-6-23-5-1-2-7-28(23)29/h1-2,5-8,17,24-27,40H,4,9-16,18-22H2/t25-,26-,27+,37+/m1/s1. The van der Waals surface area contributed by atoms with Gasteiger partial charge in [-0.1, -0.05) is 24.3 Å². The molecular weight excluding hydrogens is 584 g/mol. The molecule has 5 saturated heterocycles. The predicted molar refractivity (Wildman–Crippen MR) is 175 cm³/mol. The number of fused-ring (bicyclic) bond motifs is 5. The van der Waals surface area contributed by atoms with E-state index in [9.17, 15) is 4.39 Å². The second kappa shape index (κ2) is 11.4. The van der Waals surface area contributed by atoms with E-state index < -0.39 is 6.17 Å². The molecule has 9 rings (SSSR count). The van der Waals surface area contributed by atoms with Crippen molar-refractivity contribution in [2.24, 2.45) is 0 Å². The largest absolute Gasteiger partial charge is 0.461 e. The molecule has 0 amide bonds. The number of nitrogens with zero attached hydrogens (tertiary/aromatic N) is 4. The van der Waals surface area contributed by atoms with E-state index in [0.717, 1.165) is 91.3 Å². The second-order valence-electron chi connectivity index (χ2n) is 14.1. The first kappa shape index (κ1) is 28.8. The predicted octanol–water partition coefficient (Wildman–Crippen LogP) is 6.18. The fourth-order valence-electron chi connectivity index (χ4n) is 9.11. The van der Waals surface area contributed by atoms with Gasteiger partial charge in [0.15, 0.2) is 5.82 Å². The van der Waals surface area contributed by atoms with Crippen molar-refractivity contribution in [3.8, 4) is 17.1 Å². The number of benzene rings is 3. The summed E-state index contributed by atoms with van der Waals surface area (Å²) in [6.07, 6.45) is 5.43. The molecule has 0 spiro atoms. The molecular formula is C37H40F2N5O2. The fraction of sp³-hybridized carbons (Fsp3) is 0.514. The van der Waals surface area contributed by atoms with Crippen molar-refractivity contribution in [3.05, 3.63) is 59.9 Å². The summed E-state index contributed by atoms with van der Waals surface area (Å²) >= 11 is 0. The van der Waals surface area contributed by atoms with Crippen LogP contribution in [0.3, 0.4) is 0 Å². The number of piperazine rings is 1. The summed E-state index contributed by atoms with van der Waals surface area (Å²) in [5, 5.41) is 6.45. The number of anilines is 1. The number of rotatable bonds is 6. The van der Waals surface area contributed by atoms with Gasteiger partial charge in [0, 0.05) is 62.3 Å². The molecule has 6 heterocycles. The number of alkyl halides is 1. The Balaban J connectivity index is 1.22. The molecule has 0 aliphatic carbocycles. The van der Waals surface area contributed by atoms with Gasteiger partial charge in [0.1, 0.15) is 24.1 Å². The highest BCUT2D eigenvalue weighted by Gasteiger charge is 2.49. The van der Waals surface area contributed by atoms with E-state index in [1.165, 1.54) is 0 Å². The van der Waals surface area contributed by atoms with E-state index in [0.29, 0.717) is 50.4 Å². The number of halogens is 2. The zero-order chi connectivity index (χ0) is 30.8. The van der Waals surface area contributed by atoms with Gasteiger partial charge < -0.3 is 19.7 Å².